The number of nitrogens with zero attached hydrogens (tertiary/aromatic N) is 2. The summed E-state index contributed by atoms with van der Waals surface area (Å²) in [6.07, 6.45) is 4.27. The lowest BCUT2D eigenvalue weighted by Crippen LogP contribution is -2.14. The number of methoxy groups -OCH3 is 1. The van der Waals surface area contributed by atoms with Crippen LogP contribution >= 0.6 is 0 Å². The fourth-order valence-electron chi connectivity index (χ4n) is 1.73. The Bertz CT molecular complexity index is 352. The number of ether oxygens (including phenoxy) is 1. The van der Waals surface area contributed by atoms with E-state index in [0.29, 0.717) is 5.41 Å². The van der Waals surface area contributed by atoms with E-state index in [1.54, 1.807) is 7.11 Å². The normalized spacial score (nSPS) is 11.8. The van der Waals surface area contributed by atoms with Crippen molar-refractivity contribution in [1.82, 2.24) is 9.55 Å². The van der Waals surface area contributed by atoms with Crippen molar-refractivity contribution in [1.29, 1.82) is 0 Å². The van der Waals surface area contributed by atoms with Crippen molar-refractivity contribution in [2.75, 3.05) is 25.6 Å². The molecule has 0 aromatic carbocycles. The second kappa shape index (κ2) is 6.78. The molecular formula is C14H27N3O. The summed E-state index contributed by atoms with van der Waals surface area (Å²) in [4.78, 5) is 4.52. The lowest BCUT2D eigenvalue weighted by molar-refractivity contribution is 0.197. The van der Waals surface area contributed by atoms with E-state index in [9.17, 15) is 0 Å². The molecule has 0 bridgehead atoms. The van der Waals surface area contributed by atoms with Gasteiger partial charge in [0, 0.05) is 33.0 Å². The number of hydrogen-bond donors (Lipinski definition) is 1. The van der Waals surface area contributed by atoms with Gasteiger partial charge in [-0.1, -0.05) is 20.8 Å². The van der Waals surface area contributed by atoms with Crippen LogP contribution in [0.5, 0.6) is 0 Å². The van der Waals surface area contributed by atoms with Crippen LogP contribution in [-0.2, 0) is 11.3 Å². The van der Waals surface area contributed by atoms with Gasteiger partial charge in [-0.15, -0.1) is 0 Å². The van der Waals surface area contributed by atoms with Crippen LogP contribution in [0.3, 0.4) is 0 Å². The highest BCUT2D eigenvalue weighted by molar-refractivity contribution is 5.28. The van der Waals surface area contributed by atoms with Crippen molar-refractivity contribution in [3.05, 3.63) is 11.9 Å². The Morgan fingerprint density at radius 1 is 1.39 bits per heavy atom. The Hall–Kier alpha value is -1.03. The third-order valence-electron chi connectivity index (χ3n) is 2.81. The summed E-state index contributed by atoms with van der Waals surface area (Å²) >= 11 is 0. The maximum atomic E-state index is 5.04. The highest BCUT2D eigenvalue weighted by atomic mass is 16.5. The highest BCUT2D eigenvalue weighted by Gasteiger charge is 2.12. The molecule has 1 aromatic rings. The average Bonchev–Trinajstić information content (AvgIpc) is 2.62. The van der Waals surface area contributed by atoms with Gasteiger partial charge in [0.05, 0.1) is 5.69 Å². The van der Waals surface area contributed by atoms with Gasteiger partial charge in [-0.2, -0.15) is 0 Å². The summed E-state index contributed by atoms with van der Waals surface area (Å²) in [7, 11) is 1.73. The van der Waals surface area contributed by atoms with Crippen LogP contribution < -0.4 is 5.32 Å². The number of aryl methyl sites for hydroxylation is 2. The van der Waals surface area contributed by atoms with Gasteiger partial charge in [-0.25, -0.2) is 4.98 Å². The third-order valence-corrected chi connectivity index (χ3v) is 2.81. The summed E-state index contributed by atoms with van der Waals surface area (Å²) in [6, 6.07) is 0. The van der Waals surface area contributed by atoms with Gasteiger partial charge in [0.1, 0.15) is 0 Å². The first-order valence-corrected chi connectivity index (χ1v) is 6.69. The molecule has 0 saturated heterocycles. The molecule has 0 amide bonds. The first kappa shape index (κ1) is 15.0. The molecule has 4 nitrogen and oxygen atoms in total. The molecule has 1 heterocycles. The van der Waals surface area contributed by atoms with E-state index >= 15 is 0 Å². The number of rotatable bonds is 7. The molecule has 0 radical (unpaired) electrons. The van der Waals surface area contributed by atoms with Crippen molar-refractivity contribution in [2.24, 2.45) is 5.41 Å². The lowest BCUT2D eigenvalue weighted by atomic mass is 9.92. The van der Waals surface area contributed by atoms with Gasteiger partial charge in [-0.05, 0) is 25.2 Å². The van der Waals surface area contributed by atoms with Gasteiger partial charge < -0.3 is 14.6 Å². The predicted molar refractivity (Wildman–Crippen MR) is 76.0 cm³/mol. The first-order valence-electron chi connectivity index (χ1n) is 6.69. The standard InChI is InChI=1S/C14H27N3O/c1-12-11-17(9-7-14(2,3)4)13(16-12)15-8-6-10-18-5/h11H,6-10H2,1-5H3,(H,15,16). The predicted octanol–water partition coefficient (Wildman–Crippen LogP) is 3.08. The van der Waals surface area contributed by atoms with Crippen molar-refractivity contribution in [2.45, 2.75) is 47.1 Å². The quantitative estimate of drug-likeness (QED) is 0.759. The van der Waals surface area contributed by atoms with E-state index in [0.717, 1.165) is 44.2 Å². The van der Waals surface area contributed by atoms with Crippen LogP contribution in [0.15, 0.2) is 6.20 Å². The topological polar surface area (TPSA) is 39.1 Å². The summed E-state index contributed by atoms with van der Waals surface area (Å²) in [5.41, 5.74) is 1.42. The lowest BCUT2D eigenvalue weighted by Gasteiger charge is -2.19. The minimum Gasteiger partial charge on any atom is -0.385 e. The molecular weight excluding hydrogens is 226 g/mol. The molecule has 0 spiro atoms. The van der Waals surface area contributed by atoms with Crippen LogP contribution in [0, 0.1) is 12.3 Å². The van der Waals surface area contributed by atoms with Gasteiger partial charge in [0.15, 0.2) is 0 Å². The van der Waals surface area contributed by atoms with Crippen LogP contribution in [0.25, 0.3) is 0 Å². The van der Waals surface area contributed by atoms with E-state index in [4.69, 9.17) is 4.74 Å². The molecule has 0 aliphatic rings. The molecule has 0 atom stereocenters. The molecule has 1 aromatic heterocycles. The van der Waals surface area contributed by atoms with Crippen molar-refractivity contribution in [3.63, 3.8) is 0 Å². The van der Waals surface area contributed by atoms with Crippen molar-refractivity contribution < 1.29 is 4.74 Å². The second-order valence-corrected chi connectivity index (χ2v) is 5.98. The molecule has 0 aliphatic heterocycles. The third kappa shape index (κ3) is 5.54. The Balaban J connectivity index is 2.51. The maximum absolute atomic E-state index is 5.04. The molecule has 0 fully saturated rings. The monoisotopic (exact) mass is 253 g/mol. The van der Waals surface area contributed by atoms with Crippen LogP contribution in [0.1, 0.15) is 39.3 Å². The van der Waals surface area contributed by atoms with Gasteiger partial charge in [0.2, 0.25) is 5.95 Å². The van der Waals surface area contributed by atoms with Crippen LogP contribution in [-0.4, -0.2) is 29.8 Å². The molecule has 4 heteroatoms. The number of aromatic nitrogens is 2. The van der Waals surface area contributed by atoms with Crippen LogP contribution in [0.2, 0.25) is 0 Å². The van der Waals surface area contributed by atoms with Gasteiger partial charge in [-0.3, -0.25) is 0 Å². The fourth-order valence-corrected chi connectivity index (χ4v) is 1.73. The Kier molecular flexibility index (Phi) is 5.66. The highest BCUT2D eigenvalue weighted by Crippen LogP contribution is 2.21. The summed E-state index contributed by atoms with van der Waals surface area (Å²) in [6.45, 7) is 11.5. The summed E-state index contributed by atoms with van der Waals surface area (Å²) in [5.74, 6) is 0.979. The zero-order chi connectivity index (χ0) is 13.6. The largest absolute Gasteiger partial charge is 0.385 e. The number of anilines is 1. The Labute approximate surface area is 111 Å². The van der Waals surface area contributed by atoms with E-state index in [1.165, 1.54) is 0 Å². The van der Waals surface area contributed by atoms with Crippen LogP contribution in [0.4, 0.5) is 5.95 Å². The number of nitrogens with one attached hydrogen (secondary N) is 1. The van der Waals surface area contributed by atoms with Gasteiger partial charge >= 0.3 is 0 Å². The molecule has 0 unspecified atom stereocenters. The molecule has 104 valence electrons. The molecule has 18 heavy (non-hydrogen) atoms. The minimum absolute atomic E-state index is 0.353. The zero-order valence-electron chi connectivity index (χ0n) is 12.4. The summed E-state index contributed by atoms with van der Waals surface area (Å²) < 4.78 is 7.26. The van der Waals surface area contributed by atoms with Gasteiger partial charge in [0.25, 0.3) is 0 Å². The van der Waals surface area contributed by atoms with E-state index in [1.807, 2.05) is 6.92 Å². The van der Waals surface area contributed by atoms with E-state index in [-0.39, 0.29) is 0 Å². The zero-order valence-corrected chi connectivity index (χ0v) is 12.4. The Morgan fingerprint density at radius 2 is 2.11 bits per heavy atom. The smallest absolute Gasteiger partial charge is 0.203 e. The molecule has 1 rings (SSSR count). The number of hydrogen-bond acceptors (Lipinski definition) is 3. The fraction of sp³-hybridized carbons (Fsp3) is 0.786. The summed E-state index contributed by atoms with van der Waals surface area (Å²) in [5, 5.41) is 3.38. The number of imidazole rings is 1. The molecule has 1 N–H and O–H groups in total. The minimum atomic E-state index is 0.353. The van der Waals surface area contributed by atoms with Crippen molar-refractivity contribution in [3.8, 4) is 0 Å². The Morgan fingerprint density at radius 3 is 2.72 bits per heavy atom. The van der Waals surface area contributed by atoms with E-state index < -0.39 is 0 Å². The SMILES string of the molecule is COCCCNc1nc(C)cn1CCC(C)(C)C. The molecule has 0 aliphatic carbocycles. The maximum Gasteiger partial charge on any atom is 0.203 e. The average molecular weight is 253 g/mol. The molecule has 0 saturated carbocycles. The van der Waals surface area contributed by atoms with Crippen molar-refractivity contribution >= 4 is 5.95 Å². The van der Waals surface area contributed by atoms with E-state index in [2.05, 4.69) is 41.8 Å². The first-order chi connectivity index (χ1) is 8.42. The second-order valence-electron chi connectivity index (χ2n) is 5.98.